The number of nitrogens with two attached hydrogens (primary N) is 1. The van der Waals surface area contributed by atoms with Crippen LogP contribution in [0.5, 0.6) is 0 Å². The molecule has 0 aliphatic heterocycles. The number of carbonyl (C=O) groups excluding carboxylic acids is 1. The second-order valence-electron chi connectivity index (χ2n) is 3.89. The van der Waals surface area contributed by atoms with Crippen LogP contribution in [0.4, 0.5) is 0 Å². The van der Waals surface area contributed by atoms with E-state index in [2.05, 4.69) is 25.2 Å². The molecule has 0 radical (unpaired) electrons. The summed E-state index contributed by atoms with van der Waals surface area (Å²) in [7, 11) is 0. The summed E-state index contributed by atoms with van der Waals surface area (Å²) in [5, 5.41) is 2.71. The minimum atomic E-state index is -0.0462. The SMILES string of the molecule is CC(C)=CCCC(C)=CC(=O)NCCN. The van der Waals surface area contributed by atoms with Gasteiger partial charge < -0.3 is 11.1 Å². The van der Waals surface area contributed by atoms with E-state index in [4.69, 9.17) is 5.73 Å². The Kier molecular flexibility index (Phi) is 7.64. The van der Waals surface area contributed by atoms with Gasteiger partial charge in [-0.15, -0.1) is 0 Å². The van der Waals surface area contributed by atoms with Crippen LogP contribution in [0, 0.1) is 0 Å². The molecule has 0 bridgehead atoms. The van der Waals surface area contributed by atoms with E-state index in [1.165, 1.54) is 5.57 Å². The van der Waals surface area contributed by atoms with E-state index in [1.54, 1.807) is 6.08 Å². The first-order valence-corrected chi connectivity index (χ1v) is 5.34. The summed E-state index contributed by atoms with van der Waals surface area (Å²) in [6.07, 6.45) is 5.75. The van der Waals surface area contributed by atoms with Crippen LogP contribution in [0.15, 0.2) is 23.3 Å². The Hall–Kier alpha value is -1.09. The summed E-state index contributed by atoms with van der Waals surface area (Å²) in [5.74, 6) is -0.0462. The molecule has 3 N–H and O–H groups in total. The molecule has 0 saturated heterocycles. The van der Waals surface area contributed by atoms with Crippen molar-refractivity contribution >= 4 is 5.91 Å². The second kappa shape index (κ2) is 8.24. The molecular formula is C12H22N2O. The zero-order valence-electron chi connectivity index (χ0n) is 9.97. The third-order valence-corrected chi connectivity index (χ3v) is 1.91. The Morgan fingerprint density at radius 1 is 1.33 bits per heavy atom. The molecule has 0 saturated carbocycles. The molecule has 3 nitrogen and oxygen atoms in total. The number of amides is 1. The van der Waals surface area contributed by atoms with Crippen molar-refractivity contribution in [1.82, 2.24) is 5.32 Å². The largest absolute Gasteiger partial charge is 0.351 e. The van der Waals surface area contributed by atoms with Gasteiger partial charge in [0.15, 0.2) is 0 Å². The highest BCUT2D eigenvalue weighted by Gasteiger charge is 1.96. The first-order valence-electron chi connectivity index (χ1n) is 5.34. The first-order chi connectivity index (χ1) is 7.06. The number of allylic oxidation sites excluding steroid dienone is 3. The minimum Gasteiger partial charge on any atom is -0.351 e. The van der Waals surface area contributed by atoms with Crippen LogP contribution in [-0.2, 0) is 4.79 Å². The standard InChI is InChI=1S/C12H22N2O/c1-10(2)5-4-6-11(3)9-12(15)14-8-7-13/h5,9H,4,6-8,13H2,1-3H3,(H,14,15). The van der Waals surface area contributed by atoms with E-state index in [0.29, 0.717) is 13.1 Å². The van der Waals surface area contributed by atoms with Crippen molar-refractivity contribution in [3.05, 3.63) is 23.3 Å². The molecular weight excluding hydrogens is 188 g/mol. The van der Waals surface area contributed by atoms with E-state index in [9.17, 15) is 4.79 Å². The molecule has 86 valence electrons. The van der Waals surface area contributed by atoms with Crippen molar-refractivity contribution in [3.8, 4) is 0 Å². The van der Waals surface area contributed by atoms with Crippen LogP contribution in [0.25, 0.3) is 0 Å². The maximum Gasteiger partial charge on any atom is 0.243 e. The summed E-state index contributed by atoms with van der Waals surface area (Å²) in [6.45, 7) is 7.15. The normalized spacial score (nSPS) is 11.1. The van der Waals surface area contributed by atoms with Crippen LogP contribution in [0.1, 0.15) is 33.6 Å². The predicted molar refractivity (Wildman–Crippen MR) is 64.5 cm³/mol. The zero-order chi connectivity index (χ0) is 11.7. The molecule has 1 amide bonds. The summed E-state index contributed by atoms with van der Waals surface area (Å²) in [4.78, 5) is 11.3. The lowest BCUT2D eigenvalue weighted by Crippen LogP contribution is -2.27. The summed E-state index contributed by atoms with van der Waals surface area (Å²) in [5.41, 5.74) is 7.69. The molecule has 0 spiro atoms. The van der Waals surface area contributed by atoms with Gasteiger partial charge in [0.2, 0.25) is 5.91 Å². The number of hydrogen-bond donors (Lipinski definition) is 2. The third kappa shape index (κ3) is 9.22. The average molecular weight is 210 g/mol. The Labute approximate surface area is 92.4 Å². The van der Waals surface area contributed by atoms with Crippen LogP contribution in [-0.4, -0.2) is 19.0 Å². The fraction of sp³-hybridized carbons (Fsp3) is 0.583. The molecule has 0 aliphatic rings. The van der Waals surface area contributed by atoms with Gasteiger partial charge in [-0.3, -0.25) is 4.79 Å². The van der Waals surface area contributed by atoms with E-state index >= 15 is 0 Å². The lowest BCUT2D eigenvalue weighted by molar-refractivity contribution is -0.116. The molecule has 0 aromatic heterocycles. The lowest BCUT2D eigenvalue weighted by Gasteiger charge is -2.01. The topological polar surface area (TPSA) is 55.1 Å². The molecule has 0 rings (SSSR count). The van der Waals surface area contributed by atoms with Crippen LogP contribution in [0.3, 0.4) is 0 Å². The maximum absolute atomic E-state index is 11.3. The Balaban J connectivity index is 3.87. The molecule has 3 heteroatoms. The highest BCUT2D eigenvalue weighted by Crippen LogP contribution is 2.05. The Morgan fingerprint density at radius 3 is 2.53 bits per heavy atom. The summed E-state index contributed by atoms with van der Waals surface area (Å²) in [6, 6.07) is 0. The fourth-order valence-corrected chi connectivity index (χ4v) is 1.13. The maximum atomic E-state index is 11.3. The zero-order valence-corrected chi connectivity index (χ0v) is 9.97. The van der Waals surface area contributed by atoms with Crippen molar-refractivity contribution in [2.75, 3.05) is 13.1 Å². The highest BCUT2D eigenvalue weighted by atomic mass is 16.1. The second-order valence-corrected chi connectivity index (χ2v) is 3.89. The van der Waals surface area contributed by atoms with Gasteiger partial charge in [-0.2, -0.15) is 0 Å². The van der Waals surface area contributed by atoms with Gasteiger partial charge in [0.25, 0.3) is 0 Å². The highest BCUT2D eigenvalue weighted by molar-refractivity contribution is 5.88. The van der Waals surface area contributed by atoms with E-state index in [0.717, 1.165) is 18.4 Å². The van der Waals surface area contributed by atoms with Crippen molar-refractivity contribution in [2.24, 2.45) is 5.73 Å². The Bertz CT molecular complexity index is 250. The monoisotopic (exact) mass is 210 g/mol. The van der Waals surface area contributed by atoms with E-state index in [1.807, 2.05) is 6.92 Å². The smallest absolute Gasteiger partial charge is 0.243 e. The van der Waals surface area contributed by atoms with Gasteiger partial charge in [-0.25, -0.2) is 0 Å². The van der Waals surface area contributed by atoms with E-state index in [-0.39, 0.29) is 5.91 Å². The van der Waals surface area contributed by atoms with E-state index < -0.39 is 0 Å². The number of carbonyl (C=O) groups is 1. The fourth-order valence-electron chi connectivity index (χ4n) is 1.13. The average Bonchev–Trinajstić information content (AvgIpc) is 2.14. The summed E-state index contributed by atoms with van der Waals surface area (Å²) >= 11 is 0. The number of rotatable bonds is 6. The van der Waals surface area contributed by atoms with Gasteiger partial charge in [-0.05, 0) is 33.6 Å². The molecule has 0 aromatic rings. The molecule has 0 unspecified atom stereocenters. The molecule has 0 aromatic carbocycles. The van der Waals surface area contributed by atoms with Crippen LogP contribution >= 0.6 is 0 Å². The van der Waals surface area contributed by atoms with Gasteiger partial charge in [0.1, 0.15) is 0 Å². The van der Waals surface area contributed by atoms with Crippen molar-refractivity contribution in [3.63, 3.8) is 0 Å². The van der Waals surface area contributed by atoms with Gasteiger partial charge in [0, 0.05) is 19.2 Å². The summed E-state index contributed by atoms with van der Waals surface area (Å²) < 4.78 is 0. The van der Waals surface area contributed by atoms with Gasteiger partial charge in [-0.1, -0.05) is 17.2 Å². The molecule has 0 heterocycles. The molecule has 0 atom stereocenters. The first kappa shape index (κ1) is 13.9. The third-order valence-electron chi connectivity index (χ3n) is 1.91. The molecule has 0 aliphatic carbocycles. The van der Waals surface area contributed by atoms with Crippen LogP contribution < -0.4 is 11.1 Å². The van der Waals surface area contributed by atoms with Crippen molar-refractivity contribution in [1.29, 1.82) is 0 Å². The molecule has 0 fully saturated rings. The number of nitrogens with one attached hydrogen (secondary N) is 1. The van der Waals surface area contributed by atoms with Gasteiger partial charge >= 0.3 is 0 Å². The quantitative estimate of drug-likeness (QED) is 0.518. The lowest BCUT2D eigenvalue weighted by atomic mass is 10.1. The van der Waals surface area contributed by atoms with Crippen molar-refractivity contribution in [2.45, 2.75) is 33.6 Å². The number of hydrogen-bond acceptors (Lipinski definition) is 2. The molecule has 15 heavy (non-hydrogen) atoms. The van der Waals surface area contributed by atoms with Gasteiger partial charge in [0.05, 0.1) is 0 Å². The predicted octanol–water partition coefficient (Wildman–Crippen LogP) is 1.75. The minimum absolute atomic E-state index is 0.0462. The Morgan fingerprint density at radius 2 is 2.00 bits per heavy atom. The van der Waals surface area contributed by atoms with Crippen molar-refractivity contribution < 1.29 is 4.79 Å². The van der Waals surface area contributed by atoms with Crippen LogP contribution in [0.2, 0.25) is 0 Å².